The van der Waals surface area contributed by atoms with Gasteiger partial charge in [0.05, 0.1) is 13.3 Å². The Morgan fingerprint density at radius 3 is 2.82 bits per heavy atom. The van der Waals surface area contributed by atoms with E-state index in [4.69, 9.17) is 4.74 Å². The number of rotatable bonds is 4. The van der Waals surface area contributed by atoms with Crippen LogP contribution in [0.25, 0.3) is 0 Å². The van der Waals surface area contributed by atoms with E-state index >= 15 is 0 Å². The molecule has 0 bridgehead atoms. The first-order valence-corrected chi connectivity index (χ1v) is 7.27. The van der Waals surface area contributed by atoms with E-state index in [1.165, 1.54) is 13.3 Å². The molecule has 2 N–H and O–H groups in total. The Labute approximate surface area is 136 Å². The third kappa shape index (κ3) is 3.65. The topological polar surface area (TPSA) is 70.9 Å². The predicted molar refractivity (Wildman–Crippen MR) is 88.6 cm³/mol. The van der Waals surface area contributed by atoms with Crippen LogP contribution in [0.1, 0.15) is 21.5 Å². The molecule has 0 heterocycles. The summed E-state index contributed by atoms with van der Waals surface area (Å²) < 4.78 is 5.86. The van der Waals surface area contributed by atoms with Gasteiger partial charge >= 0.3 is 0 Å². The van der Waals surface area contributed by atoms with Crippen LogP contribution >= 0.6 is 15.9 Å². The van der Waals surface area contributed by atoms with Crippen molar-refractivity contribution in [2.75, 3.05) is 7.11 Å². The normalized spacial score (nSPS) is 10.7. The highest BCUT2D eigenvalue weighted by molar-refractivity contribution is 9.10. The second-order valence-corrected chi connectivity index (χ2v) is 5.42. The fourth-order valence-electron chi connectivity index (χ4n) is 1.77. The van der Waals surface area contributed by atoms with Gasteiger partial charge < -0.3 is 9.84 Å². The number of carbonyl (C=O) groups is 1. The molecular weight excluding hydrogens is 348 g/mol. The summed E-state index contributed by atoms with van der Waals surface area (Å²) in [7, 11) is 1.47. The first kappa shape index (κ1) is 16.0. The quantitative estimate of drug-likeness (QED) is 0.647. The maximum Gasteiger partial charge on any atom is 0.271 e. The predicted octanol–water partition coefficient (Wildman–Crippen LogP) is 3.24. The minimum atomic E-state index is -0.334. The number of amides is 1. The lowest BCUT2D eigenvalue weighted by Crippen LogP contribution is -2.17. The first-order valence-electron chi connectivity index (χ1n) is 6.48. The number of carbonyl (C=O) groups excluding carboxylic acids is 1. The van der Waals surface area contributed by atoms with Gasteiger partial charge in [0.1, 0.15) is 0 Å². The van der Waals surface area contributed by atoms with E-state index in [2.05, 4.69) is 26.5 Å². The van der Waals surface area contributed by atoms with Crippen molar-refractivity contribution < 1.29 is 14.6 Å². The number of aromatic hydroxyl groups is 1. The monoisotopic (exact) mass is 362 g/mol. The van der Waals surface area contributed by atoms with Crippen molar-refractivity contribution in [2.45, 2.75) is 6.92 Å². The lowest BCUT2D eigenvalue weighted by molar-refractivity contribution is 0.0955. The van der Waals surface area contributed by atoms with Crippen LogP contribution in [0.3, 0.4) is 0 Å². The van der Waals surface area contributed by atoms with Crippen LogP contribution < -0.4 is 10.2 Å². The number of phenols is 1. The molecule has 0 saturated carbocycles. The molecule has 0 aliphatic rings. The van der Waals surface area contributed by atoms with Crippen LogP contribution in [0.4, 0.5) is 0 Å². The number of nitrogens with zero attached hydrogens (tertiary/aromatic N) is 1. The van der Waals surface area contributed by atoms with Gasteiger partial charge in [-0.1, -0.05) is 28.1 Å². The van der Waals surface area contributed by atoms with Gasteiger partial charge in [0, 0.05) is 15.6 Å². The molecule has 22 heavy (non-hydrogen) atoms. The Balaban J connectivity index is 2.09. The molecule has 0 aliphatic heterocycles. The van der Waals surface area contributed by atoms with Crippen molar-refractivity contribution in [1.82, 2.24) is 5.43 Å². The molecule has 0 radical (unpaired) electrons. The van der Waals surface area contributed by atoms with E-state index in [-0.39, 0.29) is 11.7 Å². The Morgan fingerprint density at radius 2 is 2.14 bits per heavy atom. The number of halogens is 1. The number of hydrogen-bond acceptors (Lipinski definition) is 4. The molecule has 2 aromatic rings. The fourth-order valence-corrected chi connectivity index (χ4v) is 2.15. The van der Waals surface area contributed by atoms with Crippen LogP contribution in [-0.2, 0) is 0 Å². The largest absolute Gasteiger partial charge is 0.504 e. The lowest BCUT2D eigenvalue weighted by Gasteiger charge is -2.05. The van der Waals surface area contributed by atoms with Crippen LogP contribution in [0.2, 0.25) is 0 Å². The summed E-state index contributed by atoms with van der Waals surface area (Å²) >= 11 is 3.38. The van der Waals surface area contributed by atoms with E-state index in [1.807, 2.05) is 13.0 Å². The number of hydrazone groups is 1. The zero-order valence-corrected chi connectivity index (χ0v) is 13.7. The molecule has 0 atom stereocenters. The van der Waals surface area contributed by atoms with Gasteiger partial charge in [-0.05, 0) is 36.8 Å². The van der Waals surface area contributed by atoms with Crippen molar-refractivity contribution in [1.29, 1.82) is 0 Å². The maximum atomic E-state index is 12.0. The van der Waals surface area contributed by atoms with Gasteiger partial charge in [-0.15, -0.1) is 0 Å². The Kier molecular flexibility index (Phi) is 5.16. The Morgan fingerprint density at radius 1 is 1.36 bits per heavy atom. The standard InChI is InChI=1S/C16H15BrN2O3/c1-10-6-7-11(8-13(10)17)16(21)19-18-9-12-4-3-5-14(22-2)15(12)20/h3-9,20H,1-2H3,(H,19,21). The molecular formula is C16H15BrN2O3. The molecule has 0 spiro atoms. The molecule has 0 saturated heterocycles. The molecule has 0 unspecified atom stereocenters. The third-order valence-corrected chi connectivity index (χ3v) is 3.91. The van der Waals surface area contributed by atoms with Crippen molar-refractivity contribution >= 4 is 28.1 Å². The van der Waals surface area contributed by atoms with Crippen molar-refractivity contribution in [3.05, 3.63) is 57.6 Å². The van der Waals surface area contributed by atoms with E-state index in [0.29, 0.717) is 16.9 Å². The second kappa shape index (κ2) is 7.09. The first-order chi connectivity index (χ1) is 10.5. The molecule has 5 nitrogen and oxygen atoms in total. The molecule has 1 amide bonds. The molecule has 2 rings (SSSR count). The van der Waals surface area contributed by atoms with Gasteiger partial charge in [-0.25, -0.2) is 5.43 Å². The van der Waals surface area contributed by atoms with Crippen LogP contribution in [0.5, 0.6) is 11.5 Å². The minimum Gasteiger partial charge on any atom is -0.504 e. The van der Waals surface area contributed by atoms with Crippen molar-refractivity contribution in [2.24, 2.45) is 5.10 Å². The smallest absolute Gasteiger partial charge is 0.271 e. The van der Waals surface area contributed by atoms with Crippen LogP contribution in [0, 0.1) is 6.92 Å². The number of benzene rings is 2. The van der Waals surface area contributed by atoms with Gasteiger partial charge in [0.25, 0.3) is 5.91 Å². The second-order valence-electron chi connectivity index (χ2n) is 4.56. The van der Waals surface area contributed by atoms with Gasteiger partial charge in [0.2, 0.25) is 0 Å². The molecule has 114 valence electrons. The minimum absolute atomic E-state index is 0.0268. The van der Waals surface area contributed by atoms with Crippen molar-refractivity contribution in [3.63, 3.8) is 0 Å². The number of nitrogens with one attached hydrogen (secondary N) is 1. The number of ether oxygens (including phenoxy) is 1. The molecule has 6 heteroatoms. The summed E-state index contributed by atoms with van der Waals surface area (Å²) in [6.45, 7) is 1.94. The highest BCUT2D eigenvalue weighted by Crippen LogP contribution is 2.27. The van der Waals surface area contributed by atoms with Gasteiger partial charge in [0.15, 0.2) is 11.5 Å². The molecule has 0 aromatic heterocycles. The number of aryl methyl sites for hydroxylation is 1. The van der Waals surface area contributed by atoms with E-state index in [9.17, 15) is 9.90 Å². The van der Waals surface area contributed by atoms with Crippen LogP contribution in [0.15, 0.2) is 46.0 Å². The maximum absolute atomic E-state index is 12.0. The van der Waals surface area contributed by atoms with Gasteiger partial charge in [-0.3, -0.25) is 4.79 Å². The fraction of sp³-hybridized carbons (Fsp3) is 0.125. The summed E-state index contributed by atoms with van der Waals surface area (Å²) in [6.07, 6.45) is 1.36. The highest BCUT2D eigenvalue weighted by Gasteiger charge is 2.07. The number of phenolic OH excluding ortho intramolecular Hbond substituents is 1. The van der Waals surface area contributed by atoms with Crippen molar-refractivity contribution in [3.8, 4) is 11.5 Å². The third-order valence-electron chi connectivity index (χ3n) is 3.05. The summed E-state index contributed by atoms with van der Waals surface area (Å²) in [5.41, 5.74) is 4.40. The lowest BCUT2D eigenvalue weighted by atomic mass is 10.1. The number of hydrogen-bond donors (Lipinski definition) is 2. The summed E-state index contributed by atoms with van der Waals surface area (Å²) in [5, 5.41) is 13.8. The SMILES string of the molecule is COc1cccc(C=NNC(=O)c2ccc(C)c(Br)c2)c1O. The Hall–Kier alpha value is -2.34. The highest BCUT2D eigenvalue weighted by atomic mass is 79.9. The van der Waals surface area contributed by atoms with Crippen LogP contribution in [-0.4, -0.2) is 24.3 Å². The number of methoxy groups -OCH3 is 1. The summed E-state index contributed by atoms with van der Waals surface area (Å²) in [5.74, 6) is -0.0156. The molecule has 0 aliphatic carbocycles. The van der Waals surface area contributed by atoms with Gasteiger partial charge in [-0.2, -0.15) is 5.10 Å². The summed E-state index contributed by atoms with van der Waals surface area (Å²) in [6, 6.07) is 10.3. The van der Waals surface area contributed by atoms with E-state index < -0.39 is 0 Å². The van der Waals surface area contributed by atoms with E-state index in [0.717, 1.165) is 10.0 Å². The summed E-state index contributed by atoms with van der Waals surface area (Å²) in [4.78, 5) is 12.0. The zero-order valence-electron chi connectivity index (χ0n) is 12.1. The number of para-hydroxylation sites is 1. The average molecular weight is 363 g/mol. The molecule has 2 aromatic carbocycles. The molecule has 0 fully saturated rings. The van der Waals surface area contributed by atoms with E-state index in [1.54, 1.807) is 30.3 Å². The average Bonchev–Trinajstić information content (AvgIpc) is 2.51. The Bertz CT molecular complexity index is 729. The zero-order chi connectivity index (χ0) is 16.1.